The molecule has 0 aliphatic carbocycles. The van der Waals surface area contributed by atoms with Gasteiger partial charge in [-0.25, -0.2) is 0 Å². The van der Waals surface area contributed by atoms with Crippen LogP contribution in [0.5, 0.6) is 0 Å². The molecule has 3 nitrogen and oxygen atoms in total. The summed E-state index contributed by atoms with van der Waals surface area (Å²) in [4.78, 5) is 0. The molecule has 0 saturated carbocycles. The van der Waals surface area contributed by atoms with E-state index in [1.54, 1.807) is 0 Å². The van der Waals surface area contributed by atoms with Crippen LogP contribution < -0.4 is 0 Å². The van der Waals surface area contributed by atoms with Crippen molar-refractivity contribution < 1.29 is 0 Å². The molecule has 0 aliphatic rings. The van der Waals surface area contributed by atoms with Crippen molar-refractivity contribution in [1.29, 1.82) is 0 Å². The first-order valence-corrected chi connectivity index (χ1v) is 17.5. The monoisotopic (exact) mass is 649 g/mol. The predicted molar refractivity (Wildman–Crippen MR) is 214 cm³/mol. The third-order valence-electron chi connectivity index (χ3n) is 10.6. The molecule has 3 heterocycles. The van der Waals surface area contributed by atoms with Crippen LogP contribution in [0.1, 0.15) is 0 Å². The average molecular weight is 650 g/mol. The Morgan fingerprint density at radius 2 is 0.725 bits per heavy atom. The van der Waals surface area contributed by atoms with Gasteiger partial charge in [0, 0.05) is 44.0 Å². The van der Waals surface area contributed by atoms with Crippen molar-refractivity contribution in [2.75, 3.05) is 0 Å². The Morgan fingerprint density at radius 3 is 1.33 bits per heavy atom. The van der Waals surface area contributed by atoms with Crippen LogP contribution in [0.2, 0.25) is 0 Å². The standard InChI is InChI=1S/C48H31N3/c1-4-15-32(16-5-1)36-22-12-23-37(33-17-6-2-7-18-33)48(36)51-44-27-13-25-42-46(44)47-43(26-14-28-45(47)51)50(42)35-29-30-41-39(31-35)38-21-10-11-24-40(38)49(41)34-19-8-3-9-20-34/h1-31H. The van der Waals surface area contributed by atoms with Crippen molar-refractivity contribution in [1.82, 2.24) is 13.7 Å². The molecule has 51 heavy (non-hydrogen) atoms. The molecule has 0 N–H and O–H groups in total. The Balaban J connectivity index is 1.20. The lowest BCUT2D eigenvalue weighted by Crippen LogP contribution is -2.02. The van der Waals surface area contributed by atoms with Crippen LogP contribution in [-0.4, -0.2) is 13.7 Å². The molecule has 0 fully saturated rings. The fourth-order valence-electron chi connectivity index (χ4n) is 8.53. The number of rotatable bonds is 5. The number of aromatic nitrogens is 3. The normalized spacial score (nSPS) is 11.9. The number of hydrogen-bond donors (Lipinski definition) is 0. The molecule has 3 aromatic heterocycles. The number of para-hydroxylation sites is 3. The maximum absolute atomic E-state index is 2.51. The number of hydrogen-bond acceptors (Lipinski definition) is 0. The van der Waals surface area contributed by atoms with E-state index in [1.807, 2.05) is 0 Å². The third kappa shape index (κ3) is 4.00. The molecule has 0 atom stereocenters. The summed E-state index contributed by atoms with van der Waals surface area (Å²) in [5.74, 6) is 0. The molecule has 0 radical (unpaired) electrons. The highest BCUT2D eigenvalue weighted by molar-refractivity contribution is 6.26. The molecule has 0 bridgehead atoms. The van der Waals surface area contributed by atoms with Crippen molar-refractivity contribution in [2.45, 2.75) is 0 Å². The summed E-state index contributed by atoms with van der Waals surface area (Å²) in [5.41, 5.74) is 15.6. The highest BCUT2D eigenvalue weighted by Crippen LogP contribution is 2.46. The number of nitrogens with zero attached hydrogens (tertiary/aromatic N) is 3. The molecule has 238 valence electrons. The van der Waals surface area contributed by atoms with Gasteiger partial charge in [0.2, 0.25) is 0 Å². The summed E-state index contributed by atoms with van der Waals surface area (Å²) >= 11 is 0. The highest BCUT2D eigenvalue weighted by Gasteiger charge is 2.25. The van der Waals surface area contributed by atoms with E-state index in [1.165, 1.54) is 88.3 Å². The Bertz CT molecular complexity index is 2930. The fourth-order valence-corrected chi connectivity index (χ4v) is 8.53. The lowest BCUT2D eigenvalue weighted by molar-refractivity contribution is 1.15. The summed E-state index contributed by atoms with van der Waals surface area (Å²) in [6, 6.07) is 68.3. The second-order valence-corrected chi connectivity index (χ2v) is 13.3. The predicted octanol–water partition coefficient (Wildman–Crippen LogP) is 12.6. The minimum atomic E-state index is 1.16. The quantitative estimate of drug-likeness (QED) is 0.176. The largest absolute Gasteiger partial charge is 0.309 e. The van der Waals surface area contributed by atoms with Crippen molar-refractivity contribution >= 4 is 54.6 Å². The van der Waals surface area contributed by atoms with Gasteiger partial charge < -0.3 is 13.7 Å². The zero-order valence-corrected chi connectivity index (χ0v) is 27.7. The second-order valence-electron chi connectivity index (χ2n) is 13.3. The first kappa shape index (κ1) is 28.0. The lowest BCUT2D eigenvalue weighted by Gasteiger charge is -2.20. The topological polar surface area (TPSA) is 14.8 Å². The van der Waals surface area contributed by atoms with E-state index in [0.717, 1.165) is 5.69 Å². The molecule has 0 amide bonds. The Morgan fingerprint density at radius 1 is 0.275 bits per heavy atom. The van der Waals surface area contributed by atoms with Crippen molar-refractivity contribution in [2.24, 2.45) is 0 Å². The van der Waals surface area contributed by atoms with Gasteiger partial charge in [0.1, 0.15) is 0 Å². The summed E-state index contributed by atoms with van der Waals surface area (Å²) in [5, 5.41) is 5.08. The van der Waals surface area contributed by atoms with Gasteiger partial charge in [-0.2, -0.15) is 0 Å². The molecule has 3 heteroatoms. The third-order valence-corrected chi connectivity index (χ3v) is 10.6. The van der Waals surface area contributed by atoms with Crippen LogP contribution in [0.4, 0.5) is 0 Å². The molecule has 11 rings (SSSR count). The van der Waals surface area contributed by atoms with Crippen LogP contribution in [0.3, 0.4) is 0 Å². The number of benzene rings is 8. The number of fused-ring (bicyclic) bond motifs is 3. The molecule has 8 aromatic carbocycles. The average Bonchev–Trinajstić information content (AvgIpc) is 3.85. The fraction of sp³-hybridized carbons (Fsp3) is 0. The van der Waals surface area contributed by atoms with Crippen LogP contribution in [0, 0.1) is 0 Å². The molecule has 0 spiro atoms. The van der Waals surface area contributed by atoms with E-state index in [-0.39, 0.29) is 0 Å². The molecular formula is C48H31N3. The van der Waals surface area contributed by atoms with Gasteiger partial charge in [0.15, 0.2) is 0 Å². The maximum Gasteiger partial charge on any atom is 0.0618 e. The van der Waals surface area contributed by atoms with Gasteiger partial charge in [-0.15, -0.1) is 0 Å². The summed E-state index contributed by atoms with van der Waals surface area (Å²) in [6.45, 7) is 0. The van der Waals surface area contributed by atoms with E-state index in [4.69, 9.17) is 0 Å². The van der Waals surface area contributed by atoms with Gasteiger partial charge in [0.05, 0.1) is 38.8 Å². The van der Waals surface area contributed by atoms with Crippen LogP contribution in [0.25, 0.3) is 94.0 Å². The van der Waals surface area contributed by atoms with Gasteiger partial charge in [0.25, 0.3) is 0 Å². The van der Waals surface area contributed by atoms with Crippen molar-refractivity contribution in [3.8, 4) is 39.3 Å². The van der Waals surface area contributed by atoms with E-state index in [2.05, 4.69) is 202 Å². The van der Waals surface area contributed by atoms with Gasteiger partial charge in [-0.05, 0) is 71.8 Å². The minimum absolute atomic E-state index is 1.16. The van der Waals surface area contributed by atoms with Crippen molar-refractivity contribution in [3.63, 3.8) is 0 Å². The van der Waals surface area contributed by atoms with Crippen LogP contribution in [0.15, 0.2) is 188 Å². The van der Waals surface area contributed by atoms with Gasteiger partial charge >= 0.3 is 0 Å². The lowest BCUT2D eigenvalue weighted by atomic mass is 9.95. The van der Waals surface area contributed by atoms with E-state index >= 15 is 0 Å². The van der Waals surface area contributed by atoms with E-state index < -0.39 is 0 Å². The van der Waals surface area contributed by atoms with E-state index in [0.29, 0.717) is 0 Å². The molecule has 0 unspecified atom stereocenters. The first-order chi connectivity index (χ1) is 25.3. The van der Waals surface area contributed by atoms with E-state index in [9.17, 15) is 0 Å². The minimum Gasteiger partial charge on any atom is -0.309 e. The van der Waals surface area contributed by atoms with Gasteiger partial charge in [-0.1, -0.05) is 127 Å². The van der Waals surface area contributed by atoms with Crippen molar-refractivity contribution in [3.05, 3.63) is 188 Å². The summed E-state index contributed by atoms with van der Waals surface area (Å²) < 4.78 is 7.35. The molecule has 11 aromatic rings. The summed E-state index contributed by atoms with van der Waals surface area (Å²) in [7, 11) is 0. The Hall–Kier alpha value is -6.84. The van der Waals surface area contributed by atoms with Gasteiger partial charge in [-0.3, -0.25) is 0 Å². The maximum atomic E-state index is 2.51. The first-order valence-electron chi connectivity index (χ1n) is 17.5. The highest BCUT2D eigenvalue weighted by atomic mass is 15.0. The molecule has 0 aliphatic heterocycles. The summed E-state index contributed by atoms with van der Waals surface area (Å²) in [6.07, 6.45) is 0. The zero-order chi connectivity index (χ0) is 33.5. The second kappa shape index (κ2) is 10.8. The van der Waals surface area contributed by atoms with Crippen LogP contribution >= 0.6 is 0 Å². The molecular weight excluding hydrogens is 619 g/mol. The SMILES string of the molecule is c1ccc(-c2cccc(-c3ccccc3)c2-n2c3cccc4c3c3c(cccc32)n4-c2ccc3c(c2)c2ccccc2n3-c2ccccc2)cc1. The molecule has 0 saturated heterocycles. The zero-order valence-electron chi connectivity index (χ0n) is 27.7. The Kier molecular flexibility index (Phi) is 5.96. The Labute approximate surface area is 294 Å². The smallest absolute Gasteiger partial charge is 0.0618 e. The van der Waals surface area contributed by atoms with Crippen LogP contribution in [-0.2, 0) is 0 Å².